The third-order valence-electron chi connectivity index (χ3n) is 3.80. The molecule has 0 rings (SSSR count). The van der Waals surface area contributed by atoms with Gasteiger partial charge in [0.15, 0.2) is 0 Å². The van der Waals surface area contributed by atoms with Gasteiger partial charge in [0.2, 0.25) is 0 Å². The van der Waals surface area contributed by atoms with Gasteiger partial charge < -0.3 is 0 Å². The molecule has 0 nitrogen and oxygen atoms in total. The van der Waals surface area contributed by atoms with Crippen LogP contribution in [0, 0.1) is 0 Å². The van der Waals surface area contributed by atoms with Gasteiger partial charge in [-0.2, -0.15) is 0 Å². The van der Waals surface area contributed by atoms with E-state index >= 15 is 0 Å². The normalized spacial score (nSPS) is 16.4. The second kappa shape index (κ2) is 9.00. The first kappa shape index (κ1) is 19.9. The minimum absolute atomic E-state index is 0.201. The second-order valence-electron chi connectivity index (χ2n) is 7.72. The molecular weight excluding hydrogens is 266 g/mol. The van der Waals surface area contributed by atoms with Crippen molar-refractivity contribution in [3.05, 3.63) is 0 Å². The maximum Gasteiger partial charge on any atom is -0.0111 e. The lowest BCUT2D eigenvalue weighted by molar-refractivity contribution is 0.761. The summed E-state index contributed by atoms with van der Waals surface area (Å²) in [5.74, 6) is 1.55. The molecule has 116 valence electrons. The lowest BCUT2D eigenvalue weighted by atomic mass is 10.3. The summed E-state index contributed by atoms with van der Waals surface area (Å²) in [6, 6.07) is 0. The minimum atomic E-state index is 0.201. The largest absolute Gasteiger partial charge is 0.0968 e. The second-order valence-corrected chi connectivity index (χ2v) is 14.6. The maximum absolute atomic E-state index is 2.48. The number of hydrogen-bond acceptors (Lipinski definition) is 0. The summed E-state index contributed by atoms with van der Waals surface area (Å²) < 4.78 is 0. The molecule has 0 fully saturated rings. The van der Waals surface area contributed by atoms with Crippen LogP contribution in [-0.4, -0.2) is 28.5 Å². The molecule has 0 N–H and O–H groups in total. The fourth-order valence-corrected chi connectivity index (χ4v) is 11.1. The fourth-order valence-electron chi connectivity index (χ4n) is 2.14. The van der Waals surface area contributed by atoms with Gasteiger partial charge in [-0.1, -0.05) is 84.1 Å². The van der Waals surface area contributed by atoms with Crippen LogP contribution in [0.1, 0.15) is 81.1 Å². The molecule has 2 unspecified atom stereocenters. The molecule has 0 aromatic rings. The molecule has 0 aromatic heterocycles. The molecular formula is C17H38P2. The van der Waals surface area contributed by atoms with Crippen LogP contribution < -0.4 is 0 Å². The summed E-state index contributed by atoms with van der Waals surface area (Å²) in [4.78, 5) is 0. The molecule has 0 aliphatic carbocycles. The van der Waals surface area contributed by atoms with Gasteiger partial charge in [0.1, 0.15) is 0 Å². The third kappa shape index (κ3) is 8.67. The van der Waals surface area contributed by atoms with Crippen molar-refractivity contribution in [2.45, 2.75) is 91.4 Å². The molecule has 0 amide bonds. The first-order valence-corrected chi connectivity index (χ1v) is 11.6. The molecule has 2 heteroatoms. The van der Waals surface area contributed by atoms with Gasteiger partial charge in [-0.05, 0) is 41.4 Å². The predicted molar refractivity (Wildman–Crippen MR) is 97.8 cm³/mol. The van der Waals surface area contributed by atoms with E-state index in [0.717, 1.165) is 0 Å². The van der Waals surface area contributed by atoms with Crippen molar-refractivity contribution in [2.24, 2.45) is 0 Å². The van der Waals surface area contributed by atoms with Crippen LogP contribution in [0.2, 0.25) is 0 Å². The SMILES string of the molecule is CCCCP(CP(CCCC)C(C)(C)C)C(C)(C)C. The van der Waals surface area contributed by atoms with Crippen molar-refractivity contribution >= 4 is 15.8 Å². The van der Waals surface area contributed by atoms with Gasteiger partial charge in [0.05, 0.1) is 0 Å². The summed E-state index contributed by atoms with van der Waals surface area (Å²) in [7, 11) is 0.402. The molecule has 0 aromatic carbocycles. The Hall–Kier alpha value is 0.860. The van der Waals surface area contributed by atoms with Crippen molar-refractivity contribution in [1.82, 2.24) is 0 Å². The molecule has 0 aliphatic heterocycles. The Labute approximate surface area is 126 Å². The van der Waals surface area contributed by atoms with E-state index in [4.69, 9.17) is 0 Å². The van der Waals surface area contributed by atoms with E-state index in [-0.39, 0.29) is 15.8 Å². The molecule has 0 spiro atoms. The Kier molecular flexibility index (Phi) is 9.40. The predicted octanol–water partition coefficient (Wildman–Crippen LogP) is 7.10. The molecule has 2 atom stereocenters. The van der Waals surface area contributed by atoms with E-state index < -0.39 is 0 Å². The van der Waals surface area contributed by atoms with Crippen LogP contribution in [0.15, 0.2) is 0 Å². The maximum atomic E-state index is 2.48. The Bertz CT molecular complexity index is 198. The van der Waals surface area contributed by atoms with Gasteiger partial charge in [0.25, 0.3) is 0 Å². The Morgan fingerprint density at radius 1 is 0.632 bits per heavy atom. The molecule has 0 saturated heterocycles. The molecule has 0 aliphatic rings. The number of rotatable bonds is 8. The highest BCUT2D eigenvalue weighted by molar-refractivity contribution is 7.76. The van der Waals surface area contributed by atoms with Crippen molar-refractivity contribution in [2.75, 3.05) is 18.2 Å². The zero-order valence-electron chi connectivity index (χ0n) is 14.8. The topological polar surface area (TPSA) is 0 Å². The van der Waals surface area contributed by atoms with Crippen molar-refractivity contribution in [1.29, 1.82) is 0 Å². The molecule has 19 heavy (non-hydrogen) atoms. The van der Waals surface area contributed by atoms with Crippen molar-refractivity contribution in [3.8, 4) is 0 Å². The van der Waals surface area contributed by atoms with Crippen LogP contribution in [-0.2, 0) is 0 Å². The van der Waals surface area contributed by atoms with Crippen LogP contribution >= 0.6 is 15.8 Å². The minimum Gasteiger partial charge on any atom is -0.0968 e. The van der Waals surface area contributed by atoms with Crippen molar-refractivity contribution < 1.29 is 0 Å². The standard InChI is InChI=1S/C17H38P2/c1-9-11-13-18(16(3,4)5)15-19(14-12-10-2)17(6,7)8/h9-15H2,1-8H3. The summed E-state index contributed by atoms with van der Waals surface area (Å²) in [6.07, 6.45) is 8.58. The lowest BCUT2D eigenvalue weighted by Crippen LogP contribution is -2.20. The molecule has 0 heterocycles. The smallest absolute Gasteiger partial charge is 0.0111 e. The highest BCUT2D eigenvalue weighted by Crippen LogP contribution is 2.63. The summed E-state index contributed by atoms with van der Waals surface area (Å²) in [5.41, 5.74) is 0. The highest BCUT2D eigenvalue weighted by Gasteiger charge is 2.31. The lowest BCUT2D eigenvalue weighted by Gasteiger charge is -2.40. The average Bonchev–Trinajstić information content (AvgIpc) is 2.24. The fraction of sp³-hybridized carbons (Fsp3) is 1.00. The Morgan fingerprint density at radius 3 is 1.16 bits per heavy atom. The third-order valence-corrected chi connectivity index (χ3v) is 12.0. The van der Waals surface area contributed by atoms with E-state index in [1.165, 1.54) is 38.0 Å². The Morgan fingerprint density at radius 2 is 0.947 bits per heavy atom. The van der Waals surface area contributed by atoms with Gasteiger partial charge in [-0.3, -0.25) is 0 Å². The van der Waals surface area contributed by atoms with Crippen LogP contribution in [0.4, 0.5) is 0 Å². The van der Waals surface area contributed by atoms with E-state index in [1.54, 1.807) is 5.90 Å². The van der Waals surface area contributed by atoms with Crippen LogP contribution in [0.3, 0.4) is 0 Å². The van der Waals surface area contributed by atoms with E-state index in [1.807, 2.05) is 0 Å². The number of hydrogen-bond donors (Lipinski definition) is 0. The van der Waals surface area contributed by atoms with Gasteiger partial charge in [-0.15, -0.1) is 0 Å². The van der Waals surface area contributed by atoms with Crippen LogP contribution in [0.25, 0.3) is 0 Å². The van der Waals surface area contributed by atoms with Gasteiger partial charge in [-0.25, -0.2) is 0 Å². The quantitative estimate of drug-likeness (QED) is 0.419. The first-order chi connectivity index (χ1) is 8.62. The van der Waals surface area contributed by atoms with Crippen LogP contribution in [0.5, 0.6) is 0 Å². The molecule has 0 saturated carbocycles. The summed E-state index contributed by atoms with van der Waals surface area (Å²) in [5, 5.41) is 1.09. The number of unbranched alkanes of at least 4 members (excludes halogenated alkanes) is 2. The van der Waals surface area contributed by atoms with Crippen molar-refractivity contribution in [3.63, 3.8) is 0 Å². The highest BCUT2D eigenvalue weighted by atomic mass is 31.2. The molecule has 0 bridgehead atoms. The monoisotopic (exact) mass is 304 g/mol. The summed E-state index contributed by atoms with van der Waals surface area (Å²) in [6.45, 7) is 19.5. The van der Waals surface area contributed by atoms with E-state index in [0.29, 0.717) is 10.3 Å². The van der Waals surface area contributed by atoms with E-state index in [9.17, 15) is 0 Å². The van der Waals surface area contributed by atoms with Gasteiger partial charge in [0, 0.05) is 0 Å². The molecule has 0 radical (unpaired) electrons. The first-order valence-electron chi connectivity index (χ1n) is 8.13. The zero-order chi connectivity index (χ0) is 15.1. The Balaban J connectivity index is 4.72. The van der Waals surface area contributed by atoms with E-state index in [2.05, 4.69) is 55.4 Å². The van der Waals surface area contributed by atoms with Gasteiger partial charge >= 0.3 is 0 Å². The zero-order valence-corrected chi connectivity index (χ0v) is 16.6. The summed E-state index contributed by atoms with van der Waals surface area (Å²) >= 11 is 0. The average molecular weight is 304 g/mol.